The van der Waals surface area contributed by atoms with Crippen LogP contribution in [-0.2, 0) is 4.79 Å². The molecule has 2 heterocycles. The number of aliphatic imine (C=N–C) groups is 1. The van der Waals surface area contributed by atoms with E-state index >= 15 is 0 Å². The van der Waals surface area contributed by atoms with Gasteiger partial charge in [-0.05, 0) is 6.42 Å². The third kappa shape index (κ3) is 0.512. The van der Waals surface area contributed by atoms with Crippen molar-refractivity contribution in [3.05, 3.63) is 11.3 Å². The minimum absolute atomic E-state index is 0.0602. The van der Waals surface area contributed by atoms with Crippen LogP contribution in [0.2, 0.25) is 0 Å². The van der Waals surface area contributed by atoms with Crippen LogP contribution in [0.25, 0.3) is 0 Å². The molecule has 0 aromatic heterocycles. The first-order valence-electron chi connectivity index (χ1n) is 2.93. The molecule has 2 rings (SSSR count). The highest BCUT2D eigenvalue weighted by Gasteiger charge is 2.22. The number of nitrogens with one attached hydrogen (secondary N) is 1. The normalized spacial score (nSPS) is 22.9. The number of hydrogen-bond donors (Lipinski definition) is 1. The van der Waals surface area contributed by atoms with Gasteiger partial charge in [0.15, 0.2) is 0 Å². The number of nitrogens with zero attached hydrogens (tertiary/aromatic N) is 1. The summed E-state index contributed by atoms with van der Waals surface area (Å²) in [5.74, 6) is -0.0602. The number of amides is 1. The predicted octanol–water partition coefficient (Wildman–Crippen LogP) is -0.155. The Kier molecular flexibility index (Phi) is 0.754. The molecule has 2 aliphatic rings. The summed E-state index contributed by atoms with van der Waals surface area (Å²) in [6.07, 6.45) is 2.44. The molecule has 0 atom stereocenters. The SMILES string of the molecule is O=C1N=CC2=C1CCN2. The second-order valence-corrected chi connectivity index (χ2v) is 2.13. The zero-order valence-electron chi connectivity index (χ0n) is 4.85. The second-order valence-electron chi connectivity index (χ2n) is 2.13. The van der Waals surface area contributed by atoms with Crippen molar-refractivity contribution < 1.29 is 4.79 Å². The lowest BCUT2D eigenvalue weighted by molar-refractivity contribution is -0.114. The maximum atomic E-state index is 10.8. The summed E-state index contributed by atoms with van der Waals surface area (Å²) in [4.78, 5) is 14.4. The Morgan fingerprint density at radius 1 is 1.67 bits per heavy atom. The van der Waals surface area contributed by atoms with Gasteiger partial charge in [0, 0.05) is 12.1 Å². The molecule has 0 saturated carbocycles. The minimum Gasteiger partial charge on any atom is -0.383 e. The maximum Gasteiger partial charge on any atom is 0.275 e. The van der Waals surface area contributed by atoms with Gasteiger partial charge in [-0.15, -0.1) is 0 Å². The molecule has 3 nitrogen and oxygen atoms in total. The molecule has 0 aromatic carbocycles. The van der Waals surface area contributed by atoms with Gasteiger partial charge in [0.25, 0.3) is 5.91 Å². The Bertz CT molecular complexity index is 221. The number of allylic oxidation sites excluding steroid dienone is 1. The molecule has 9 heavy (non-hydrogen) atoms. The van der Waals surface area contributed by atoms with E-state index in [4.69, 9.17) is 0 Å². The standard InChI is InChI=1S/C6H6N2O/c9-6-4-1-2-7-5(4)3-8-6/h3,7H,1-2H2. The lowest BCUT2D eigenvalue weighted by Gasteiger charge is -1.89. The van der Waals surface area contributed by atoms with E-state index in [1.54, 1.807) is 6.21 Å². The average molecular weight is 122 g/mol. The van der Waals surface area contributed by atoms with E-state index in [0.717, 1.165) is 24.2 Å². The monoisotopic (exact) mass is 122 g/mol. The first kappa shape index (κ1) is 4.73. The molecular formula is C6H6N2O. The van der Waals surface area contributed by atoms with Gasteiger partial charge < -0.3 is 5.32 Å². The van der Waals surface area contributed by atoms with Crippen LogP contribution >= 0.6 is 0 Å². The molecule has 46 valence electrons. The molecule has 1 N–H and O–H groups in total. The second kappa shape index (κ2) is 1.43. The average Bonchev–Trinajstić information content (AvgIpc) is 2.35. The topological polar surface area (TPSA) is 41.5 Å². The van der Waals surface area contributed by atoms with Crippen LogP contribution in [0.1, 0.15) is 6.42 Å². The Morgan fingerprint density at radius 3 is 3.33 bits per heavy atom. The molecular weight excluding hydrogens is 116 g/mol. The summed E-state index contributed by atoms with van der Waals surface area (Å²) in [7, 11) is 0. The molecule has 0 saturated heterocycles. The van der Waals surface area contributed by atoms with Crippen LogP contribution in [-0.4, -0.2) is 18.7 Å². The van der Waals surface area contributed by atoms with E-state index in [-0.39, 0.29) is 5.91 Å². The van der Waals surface area contributed by atoms with E-state index in [0.29, 0.717) is 0 Å². The third-order valence-corrected chi connectivity index (χ3v) is 1.58. The Labute approximate surface area is 52.5 Å². The number of hydrogen-bond acceptors (Lipinski definition) is 2. The highest BCUT2D eigenvalue weighted by molar-refractivity contribution is 6.10. The highest BCUT2D eigenvalue weighted by atomic mass is 16.1. The van der Waals surface area contributed by atoms with Gasteiger partial charge in [0.1, 0.15) is 0 Å². The molecule has 3 heteroatoms. The number of carbonyl (C=O) groups excluding carboxylic acids is 1. The van der Waals surface area contributed by atoms with Gasteiger partial charge in [-0.1, -0.05) is 0 Å². The van der Waals surface area contributed by atoms with Crippen LogP contribution < -0.4 is 5.32 Å². The fraction of sp³-hybridized carbons (Fsp3) is 0.333. The Hall–Kier alpha value is -1.12. The van der Waals surface area contributed by atoms with E-state index in [1.165, 1.54) is 0 Å². The summed E-state index contributed by atoms with van der Waals surface area (Å²) >= 11 is 0. The summed E-state index contributed by atoms with van der Waals surface area (Å²) in [5.41, 5.74) is 1.79. The lowest BCUT2D eigenvalue weighted by atomic mass is 10.2. The van der Waals surface area contributed by atoms with Crippen LogP contribution in [0.15, 0.2) is 16.3 Å². The van der Waals surface area contributed by atoms with E-state index in [9.17, 15) is 4.79 Å². The van der Waals surface area contributed by atoms with Crippen molar-refractivity contribution >= 4 is 12.1 Å². The minimum atomic E-state index is -0.0602. The fourth-order valence-electron chi connectivity index (χ4n) is 1.11. The summed E-state index contributed by atoms with van der Waals surface area (Å²) in [5, 5.41) is 3.06. The van der Waals surface area contributed by atoms with Crippen molar-refractivity contribution in [3.63, 3.8) is 0 Å². The van der Waals surface area contributed by atoms with Crippen molar-refractivity contribution in [1.29, 1.82) is 0 Å². The molecule has 0 bridgehead atoms. The molecule has 0 aliphatic carbocycles. The van der Waals surface area contributed by atoms with E-state index < -0.39 is 0 Å². The van der Waals surface area contributed by atoms with Crippen molar-refractivity contribution in [1.82, 2.24) is 5.32 Å². The first-order chi connectivity index (χ1) is 4.38. The molecule has 0 aromatic rings. The molecule has 0 unspecified atom stereocenters. The number of carbonyl (C=O) groups is 1. The molecule has 0 spiro atoms. The van der Waals surface area contributed by atoms with Crippen LogP contribution in [0, 0.1) is 0 Å². The van der Waals surface area contributed by atoms with Crippen LogP contribution in [0.5, 0.6) is 0 Å². The molecule has 0 fully saturated rings. The van der Waals surface area contributed by atoms with Gasteiger partial charge in [-0.2, -0.15) is 0 Å². The highest BCUT2D eigenvalue weighted by Crippen LogP contribution is 2.17. The lowest BCUT2D eigenvalue weighted by Crippen LogP contribution is -2.07. The first-order valence-corrected chi connectivity index (χ1v) is 2.93. The third-order valence-electron chi connectivity index (χ3n) is 1.58. The predicted molar refractivity (Wildman–Crippen MR) is 33.1 cm³/mol. The Balaban J connectivity index is 2.44. The number of rotatable bonds is 0. The quantitative estimate of drug-likeness (QED) is 0.485. The van der Waals surface area contributed by atoms with Gasteiger partial charge in [-0.3, -0.25) is 4.79 Å². The smallest absolute Gasteiger partial charge is 0.275 e. The van der Waals surface area contributed by atoms with Crippen molar-refractivity contribution in [2.75, 3.05) is 6.54 Å². The van der Waals surface area contributed by atoms with Gasteiger partial charge in [0.05, 0.1) is 11.9 Å². The molecule has 2 aliphatic heterocycles. The van der Waals surface area contributed by atoms with E-state index in [2.05, 4.69) is 10.3 Å². The van der Waals surface area contributed by atoms with Crippen molar-refractivity contribution in [2.45, 2.75) is 6.42 Å². The molecule has 1 amide bonds. The fourth-order valence-corrected chi connectivity index (χ4v) is 1.11. The summed E-state index contributed by atoms with van der Waals surface area (Å²) in [6.45, 7) is 0.891. The van der Waals surface area contributed by atoms with Gasteiger partial charge >= 0.3 is 0 Å². The van der Waals surface area contributed by atoms with Crippen LogP contribution in [0.3, 0.4) is 0 Å². The Morgan fingerprint density at radius 2 is 2.56 bits per heavy atom. The van der Waals surface area contributed by atoms with Gasteiger partial charge in [-0.25, -0.2) is 4.99 Å². The van der Waals surface area contributed by atoms with Crippen LogP contribution in [0.4, 0.5) is 0 Å². The summed E-state index contributed by atoms with van der Waals surface area (Å²) < 4.78 is 0. The van der Waals surface area contributed by atoms with E-state index in [1.807, 2.05) is 0 Å². The van der Waals surface area contributed by atoms with Crippen molar-refractivity contribution in [3.8, 4) is 0 Å². The molecule has 0 radical (unpaired) electrons. The largest absolute Gasteiger partial charge is 0.383 e. The van der Waals surface area contributed by atoms with Gasteiger partial charge in [0.2, 0.25) is 0 Å². The maximum absolute atomic E-state index is 10.8. The summed E-state index contributed by atoms with van der Waals surface area (Å²) in [6, 6.07) is 0. The zero-order chi connectivity index (χ0) is 6.27. The van der Waals surface area contributed by atoms with Crippen molar-refractivity contribution in [2.24, 2.45) is 4.99 Å². The zero-order valence-corrected chi connectivity index (χ0v) is 4.85.